The molecule has 2 aromatic carbocycles. The number of aliphatic carboxylic acids is 1. The molecule has 180 valence electrons. The zero-order valence-corrected chi connectivity index (χ0v) is 19.6. The normalized spacial score (nSPS) is 17.5. The Kier molecular flexibility index (Phi) is 7.20. The molecule has 7 heteroatoms. The third kappa shape index (κ3) is 4.93. The van der Waals surface area contributed by atoms with Crippen molar-refractivity contribution in [2.45, 2.75) is 45.1 Å². The Morgan fingerprint density at radius 2 is 1.59 bits per heavy atom. The SMILES string of the molecule is CC(NC(=O)OCC1c2ccccc2-c2ccccc21)C(C)C(=O)NCC(C(=O)O)C1CCC1. The van der Waals surface area contributed by atoms with Crippen LogP contribution in [0.5, 0.6) is 0 Å². The van der Waals surface area contributed by atoms with E-state index in [0.717, 1.165) is 41.5 Å². The van der Waals surface area contributed by atoms with Crippen LogP contribution in [-0.4, -0.2) is 42.3 Å². The molecule has 0 heterocycles. The number of alkyl carbamates (subject to hydrolysis) is 1. The van der Waals surface area contributed by atoms with Crippen LogP contribution in [0.1, 0.15) is 50.2 Å². The molecule has 1 fully saturated rings. The van der Waals surface area contributed by atoms with E-state index < -0.39 is 29.9 Å². The van der Waals surface area contributed by atoms with Crippen LogP contribution in [0, 0.1) is 17.8 Å². The minimum absolute atomic E-state index is 0.0337. The number of nitrogens with one attached hydrogen (secondary N) is 2. The van der Waals surface area contributed by atoms with Crippen LogP contribution < -0.4 is 10.6 Å². The zero-order chi connectivity index (χ0) is 24.2. The minimum Gasteiger partial charge on any atom is -0.481 e. The van der Waals surface area contributed by atoms with Gasteiger partial charge in [-0.2, -0.15) is 0 Å². The predicted octanol–water partition coefficient (Wildman–Crippen LogP) is 4.17. The summed E-state index contributed by atoms with van der Waals surface area (Å²) in [7, 11) is 0. The molecule has 0 aliphatic heterocycles. The number of carboxylic acid groups (broad SMARTS) is 1. The molecule has 0 radical (unpaired) electrons. The van der Waals surface area contributed by atoms with Gasteiger partial charge in [-0.15, -0.1) is 0 Å². The topological polar surface area (TPSA) is 105 Å². The number of ether oxygens (including phenoxy) is 1. The Labute approximate surface area is 199 Å². The molecular formula is C27H32N2O5. The van der Waals surface area contributed by atoms with Gasteiger partial charge >= 0.3 is 12.1 Å². The lowest BCUT2D eigenvalue weighted by molar-refractivity contribution is -0.145. The standard InChI is InChI=1S/C27H32N2O5/c1-16(25(30)28-14-23(26(31)32)18-8-7-9-18)17(2)29-27(33)34-15-24-21-12-5-3-10-19(21)20-11-4-6-13-22(20)24/h3-6,10-13,16-18,23-24H,7-9,14-15H2,1-2H3,(H,28,30)(H,29,33)(H,31,32). The molecule has 0 aromatic heterocycles. The first-order chi connectivity index (χ1) is 16.4. The summed E-state index contributed by atoms with van der Waals surface area (Å²) in [6, 6.07) is 15.8. The molecule has 2 aromatic rings. The van der Waals surface area contributed by atoms with E-state index in [1.807, 2.05) is 24.3 Å². The Morgan fingerprint density at radius 3 is 2.12 bits per heavy atom. The average molecular weight is 465 g/mol. The lowest BCUT2D eigenvalue weighted by Gasteiger charge is -2.31. The van der Waals surface area contributed by atoms with E-state index >= 15 is 0 Å². The summed E-state index contributed by atoms with van der Waals surface area (Å²) in [6.07, 6.45) is 2.25. The summed E-state index contributed by atoms with van der Waals surface area (Å²) < 4.78 is 5.56. The molecule has 3 N–H and O–H groups in total. The molecule has 4 rings (SSSR count). The number of carbonyl (C=O) groups excluding carboxylic acids is 2. The van der Waals surface area contributed by atoms with Crippen molar-refractivity contribution in [2.24, 2.45) is 17.8 Å². The predicted molar refractivity (Wildman–Crippen MR) is 128 cm³/mol. The van der Waals surface area contributed by atoms with Gasteiger partial charge in [0.15, 0.2) is 0 Å². The van der Waals surface area contributed by atoms with E-state index in [-0.39, 0.29) is 30.9 Å². The molecule has 0 spiro atoms. The molecule has 0 bridgehead atoms. The van der Waals surface area contributed by atoms with Crippen molar-refractivity contribution in [3.63, 3.8) is 0 Å². The highest BCUT2D eigenvalue weighted by atomic mass is 16.5. The van der Waals surface area contributed by atoms with Gasteiger partial charge in [0.2, 0.25) is 5.91 Å². The van der Waals surface area contributed by atoms with Gasteiger partial charge in [-0.1, -0.05) is 61.9 Å². The van der Waals surface area contributed by atoms with Crippen LogP contribution in [0.2, 0.25) is 0 Å². The summed E-state index contributed by atoms with van der Waals surface area (Å²) in [5, 5.41) is 14.9. The van der Waals surface area contributed by atoms with E-state index in [9.17, 15) is 19.5 Å². The van der Waals surface area contributed by atoms with Gasteiger partial charge in [-0.25, -0.2) is 4.79 Å². The maximum atomic E-state index is 12.6. The van der Waals surface area contributed by atoms with Crippen LogP contribution in [0.15, 0.2) is 48.5 Å². The molecule has 34 heavy (non-hydrogen) atoms. The third-order valence-corrected chi connectivity index (χ3v) is 7.39. The number of carbonyl (C=O) groups is 3. The lowest BCUT2D eigenvalue weighted by Crippen LogP contribution is -2.46. The van der Waals surface area contributed by atoms with Crippen molar-refractivity contribution >= 4 is 18.0 Å². The second-order valence-electron chi connectivity index (χ2n) is 9.43. The number of fused-ring (bicyclic) bond motifs is 3. The number of amides is 2. The highest BCUT2D eigenvalue weighted by Crippen LogP contribution is 2.44. The molecule has 3 unspecified atom stereocenters. The first kappa shape index (κ1) is 23.8. The number of benzene rings is 2. The number of hydrogen-bond donors (Lipinski definition) is 3. The monoisotopic (exact) mass is 464 g/mol. The Hall–Kier alpha value is -3.35. The lowest BCUT2D eigenvalue weighted by atomic mass is 9.76. The van der Waals surface area contributed by atoms with Crippen LogP contribution in [0.4, 0.5) is 4.79 Å². The smallest absolute Gasteiger partial charge is 0.407 e. The molecule has 2 amide bonds. The van der Waals surface area contributed by atoms with Crippen LogP contribution >= 0.6 is 0 Å². The summed E-state index contributed by atoms with van der Waals surface area (Å²) in [4.78, 5) is 36.6. The highest BCUT2D eigenvalue weighted by Gasteiger charge is 2.34. The summed E-state index contributed by atoms with van der Waals surface area (Å²) >= 11 is 0. The number of carboxylic acids is 1. The minimum atomic E-state index is -0.873. The molecule has 2 aliphatic carbocycles. The van der Waals surface area contributed by atoms with E-state index in [1.165, 1.54) is 0 Å². The van der Waals surface area contributed by atoms with Crippen molar-refractivity contribution < 1.29 is 24.2 Å². The molecule has 2 aliphatic rings. The maximum absolute atomic E-state index is 12.6. The summed E-state index contributed by atoms with van der Waals surface area (Å²) in [6.45, 7) is 3.77. The highest BCUT2D eigenvalue weighted by molar-refractivity contribution is 5.81. The third-order valence-electron chi connectivity index (χ3n) is 7.39. The Morgan fingerprint density at radius 1 is 1.00 bits per heavy atom. The zero-order valence-electron chi connectivity index (χ0n) is 19.6. The van der Waals surface area contributed by atoms with Crippen molar-refractivity contribution in [3.8, 4) is 11.1 Å². The van der Waals surface area contributed by atoms with Gasteiger partial charge in [0.05, 0.1) is 11.8 Å². The van der Waals surface area contributed by atoms with Crippen molar-refractivity contribution in [1.82, 2.24) is 10.6 Å². The van der Waals surface area contributed by atoms with Crippen LogP contribution in [-0.2, 0) is 14.3 Å². The van der Waals surface area contributed by atoms with E-state index in [2.05, 4.69) is 34.9 Å². The van der Waals surface area contributed by atoms with E-state index in [4.69, 9.17) is 4.74 Å². The first-order valence-corrected chi connectivity index (χ1v) is 12.0. The van der Waals surface area contributed by atoms with Crippen molar-refractivity contribution in [1.29, 1.82) is 0 Å². The van der Waals surface area contributed by atoms with Gasteiger partial charge in [-0.05, 0) is 47.9 Å². The van der Waals surface area contributed by atoms with Crippen molar-refractivity contribution in [2.75, 3.05) is 13.2 Å². The van der Waals surface area contributed by atoms with Gasteiger partial charge in [0.25, 0.3) is 0 Å². The van der Waals surface area contributed by atoms with E-state index in [1.54, 1.807) is 13.8 Å². The second-order valence-corrected chi connectivity index (χ2v) is 9.43. The molecule has 3 atom stereocenters. The van der Waals surface area contributed by atoms with Crippen LogP contribution in [0.3, 0.4) is 0 Å². The Bertz CT molecular complexity index is 1020. The Balaban J connectivity index is 1.28. The van der Waals surface area contributed by atoms with Gasteiger partial charge < -0.3 is 20.5 Å². The summed E-state index contributed by atoms with van der Waals surface area (Å²) in [5.74, 6) is -2.15. The molecule has 1 saturated carbocycles. The first-order valence-electron chi connectivity index (χ1n) is 12.0. The fraction of sp³-hybridized carbons (Fsp3) is 0.444. The fourth-order valence-corrected chi connectivity index (χ4v) is 4.85. The van der Waals surface area contributed by atoms with Gasteiger partial charge in [0.1, 0.15) is 6.61 Å². The average Bonchev–Trinajstić information content (AvgIpc) is 3.11. The van der Waals surface area contributed by atoms with Gasteiger partial charge in [-0.3, -0.25) is 9.59 Å². The van der Waals surface area contributed by atoms with Gasteiger partial charge in [0, 0.05) is 18.5 Å². The summed E-state index contributed by atoms with van der Waals surface area (Å²) in [5.41, 5.74) is 4.59. The number of rotatable bonds is 9. The van der Waals surface area contributed by atoms with Crippen molar-refractivity contribution in [3.05, 3.63) is 59.7 Å². The van der Waals surface area contributed by atoms with Crippen LogP contribution in [0.25, 0.3) is 11.1 Å². The number of hydrogen-bond acceptors (Lipinski definition) is 4. The molecule has 7 nitrogen and oxygen atoms in total. The van der Waals surface area contributed by atoms with E-state index in [0.29, 0.717) is 0 Å². The second kappa shape index (κ2) is 10.3. The molecular weight excluding hydrogens is 432 g/mol. The largest absolute Gasteiger partial charge is 0.481 e. The molecule has 0 saturated heterocycles. The fourth-order valence-electron chi connectivity index (χ4n) is 4.85. The quantitative estimate of drug-likeness (QED) is 0.517. The maximum Gasteiger partial charge on any atom is 0.407 e.